The predicted octanol–water partition coefficient (Wildman–Crippen LogP) is 2.74. The number of rotatable bonds is 4. The van der Waals surface area contributed by atoms with Gasteiger partial charge in [0.05, 0.1) is 12.2 Å². The van der Waals surface area contributed by atoms with Crippen molar-refractivity contribution in [2.24, 2.45) is 5.41 Å². The van der Waals surface area contributed by atoms with Gasteiger partial charge in [-0.15, -0.1) is 0 Å². The molecule has 2 nitrogen and oxygen atoms in total. The summed E-state index contributed by atoms with van der Waals surface area (Å²) in [5.41, 5.74) is 0.331. The Bertz CT molecular complexity index is 154. The fourth-order valence-electron chi connectivity index (χ4n) is 1.85. The molecule has 0 saturated carbocycles. The summed E-state index contributed by atoms with van der Waals surface area (Å²) in [5, 5.41) is 9.79. The Kier molecular flexibility index (Phi) is 4.39. The van der Waals surface area contributed by atoms with Gasteiger partial charge < -0.3 is 9.84 Å². The Morgan fingerprint density at radius 1 is 1.43 bits per heavy atom. The molecule has 84 valence electrons. The fourth-order valence-corrected chi connectivity index (χ4v) is 1.85. The van der Waals surface area contributed by atoms with Crippen LogP contribution in [0.3, 0.4) is 0 Å². The summed E-state index contributed by atoms with van der Waals surface area (Å²) in [7, 11) is 0. The first-order chi connectivity index (χ1) is 6.47. The second-order valence-corrected chi connectivity index (χ2v) is 5.62. The van der Waals surface area contributed by atoms with Gasteiger partial charge in [-0.25, -0.2) is 0 Å². The average molecular weight is 200 g/mol. The van der Waals surface area contributed by atoms with Gasteiger partial charge in [0.15, 0.2) is 0 Å². The summed E-state index contributed by atoms with van der Waals surface area (Å²) < 4.78 is 5.50. The lowest BCUT2D eigenvalue weighted by molar-refractivity contribution is 0.0460. The summed E-state index contributed by atoms with van der Waals surface area (Å²) in [4.78, 5) is 0. The molecule has 1 N–H and O–H groups in total. The van der Waals surface area contributed by atoms with E-state index < -0.39 is 0 Å². The van der Waals surface area contributed by atoms with Gasteiger partial charge in [-0.05, 0) is 37.5 Å². The van der Waals surface area contributed by atoms with Crippen LogP contribution >= 0.6 is 0 Å². The summed E-state index contributed by atoms with van der Waals surface area (Å²) in [6.45, 7) is 7.53. The molecule has 0 aromatic carbocycles. The van der Waals surface area contributed by atoms with Gasteiger partial charge in [0.25, 0.3) is 0 Å². The predicted molar refractivity (Wildman–Crippen MR) is 58.3 cm³/mol. The number of hydrogen-bond donors (Lipinski definition) is 1. The molecule has 1 aliphatic rings. The average Bonchev–Trinajstić information content (AvgIpc) is 2.52. The Morgan fingerprint density at radius 2 is 2.14 bits per heavy atom. The quantitative estimate of drug-likeness (QED) is 0.756. The molecule has 0 aromatic heterocycles. The third-order valence-corrected chi connectivity index (χ3v) is 2.79. The molecule has 0 spiro atoms. The first-order valence-corrected chi connectivity index (χ1v) is 5.77. The molecule has 0 bridgehead atoms. The Labute approximate surface area is 87.7 Å². The molecule has 1 rings (SSSR count). The second kappa shape index (κ2) is 5.13. The molecule has 2 unspecified atom stereocenters. The molecule has 2 atom stereocenters. The molecular formula is C12H24O2. The minimum atomic E-state index is -0.169. The van der Waals surface area contributed by atoms with Gasteiger partial charge in [0, 0.05) is 6.61 Å². The number of hydrogen-bond acceptors (Lipinski definition) is 2. The molecule has 0 aromatic rings. The molecule has 1 heterocycles. The van der Waals surface area contributed by atoms with Crippen LogP contribution in [-0.2, 0) is 4.74 Å². The summed E-state index contributed by atoms with van der Waals surface area (Å²) in [6.07, 6.45) is 5.27. The molecule has 1 saturated heterocycles. The van der Waals surface area contributed by atoms with Crippen LogP contribution in [0.2, 0.25) is 0 Å². The highest BCUT2D eigenvalue weighted by molar-refractivity contribution is 4.72. The first kappa shape index (κ1) is 12.0. The second-order valence-electron chi connectivity index (χ2n) is 5.62. The first-order valence-electron chi connectivity index (χ1n) is 5.77. The summed E-state index contributed by atoms with van der Waals surface area (Å²) in [6, 6.07) is 0. The van der Waals surface area contributed by atoms with E-state index in [-0.39, 0.29) is 6.10 Å². The minimum absolute atomic E-state index is 0.169. The van der Waals surface area contributed by atoms with Crippen molar-refractivity contribution in [3.05, 3.63) is 0 Å². The molecule has 2 heteroatoms. The van der Waals surface area contributed by atoms with E-state index in [0.29, 0.717) is 11.5 Å². The van der Waals surface area contributed by atoms with Crippen molar-refractivity contribution in [3.8, 4) is 0 Å². The third kappa shape index (κ3) is 4.97. The van der Waals surface area contributed by atoms with Crippen LogP contribution in [0.25, 0.3) is 0 Å². The monoisotopic (exact) mass is 200 g/mol. The van der Waals surface area contributed by atoms with Gasteiger partial charge in [-0.2, -0.15) is 0 Å². The largest absolute Gasteiger partial charge is 0.393 e. The SMILES string of the molecule is CC(C)(C)CCC(O)CC1CCCO1. The van der Waals surface area contributed by atoms with Crippen molar-refractivity contribution in [1.82, 2.24) is 0 Å². The van der Waals surface area contributed by atoms with E-state index in [4.69, 9.17) is 4.74 Å². The van der Waals surface area contributed by atoms with Gasteiger partial charge in [-0.1, -0.05) is 20.8 Å². The maximum Gasteiger partial charge on any atom is 0.0600 e. The zero-order valence-corrected chi connectivity index (χ0v) is 9.75. The van der Waals surface area contributed by atoms with Crippen LogP contribution < -0.4 is 0 Å². The van der Waals surface area contributed by atoms with Gasteiger partial charge in [-0.3, -0.25) is 0 Å². The topological polar surface area (TPSA) is 29.5 Å². The van der Waals surface area contributed by atoms with Gasteiger partial charge >= 0.3 is 0 Å². The highest BCUT2D eigenvalue weighted by Gasteiger charge is 2.20. The lowest BCUT2D eigenvalue weighted by Crippen LogP contribution is -2.19. The molecule has 1 aliphatic heterocycles. The highest BCUT2D eigenvalue weighted by Crippen LogP contribution is 2.24. The molecule has 14 heavy (non-hydrogen) atoms. The smallest absolute Gasteiger partial charge is 0.0600 e. The summed E-state index contributed by atoms with van der Waals surface area (Å²) in [5.74, 6) is 0. The summed E-state index contributed by atoms with van der Waals surface area (Å²) >= 11 is 0. The van der Waals surface area contributed by atoms with Crippen LogP contribution in [0.5, 0.6) is 0 Å². The van der Waals surface area contributed by atoms with Crippen LogP contribution in [0.15, 0.2) is 0 Å². The maximum absolute atomic E-state index is 9.79. The Hall–Kier alpha value is -0.0800. The Balaban J connectivity index is 2.12. The normalized spacial score (nSPS) is 25.3. The van der Waals surface area contributed by atoms with Crippen LogP contribution in [-0.4, -0.2) is 23.9 Å². The molecule has 0 radical (unpaired) electrons. The molecule has 0 aliphatic carbocycles. The van der Waals surface area contributed by atoms with Crippen LogP contribution in [0, 0.1) is 5.41 Å². The lowest BCUT2D eigenvalue weighted by atomic mass is 9.88. The molecular weight excluding hydrogens is 176 g/mol. The van der Waals surface area contributed by atoms with Crippen molar-refractivity contribution in [3.63, 3.8) is 0 Å². The van der Waals surface area contributed by atoms with E-state index in [9.17, 15) is 5.11 Å². The maximum atomic E-state index is 9.79. The van der Waals surface area contributed by atoms with Gasteiger partial charge in [0.2, 0.25) is 0 Å². The standard InChI is InChI=1S/C12H24O2/c1-12(2,3)7-6-10(13)9-11-5-4-8-14-11/h10-11,13H,4-9H2,1-3H3. The zero-order chi connectivity index (χ0) is 10.6. The van der Waals surface area contributed by atoms with Crippen molar-refractivity contribution in [1.29, 1.82) is 0 Å². The van der Waals surface area contributed by atoms with Crippen molar-refractivity contribution in [2.75, 3.05) is 6.61 Å². The lowest BCUT2D eigenvalue weighted by Gasteiger charge is -2.21. The van der Waals surface area contributed by atoms with Crippen molar-refractivity contribution in [2.45, 2.75) is 65.1 Å². The Morgan fingerprint density at radius 3 is 2.64 bits per heavy atom. The van der Waals surface area contributed by atoms with E-state index in [0.717, 1.165) is 38.7 Å². The number of aliphatic hydroxyl groups excluding tert-OH is 1. The fraction of sp³-hybridized carbons (Fsp3) is 1.00. The van der Waals surface area contributed by atoms with E-state index in [1.54, 1.807) is 0 Å². The van der Waals surface area contributed by atoms with E-state index in [1.165, 1.54) is 0 Å². The molecule has 1 fully saturated rings. The molecule has 0 amide bonds. The zero-order valence-electron chi connectivity index (χ0n) is 9.75. The van der Waals surface area contributed by atoms with E-state index in [2.05, 4.69) is 20.8 Å². The van der Waals surface area contributed by atoms with Crippen LogP contribution in [0.1, 0.15) is 52.9 Å². The van der Waals surface area contributed by atoms with Crippen molar-refractivity contribution >= 4 is 0 Å². The highest BCUT2D eigenvalue weighted by atomic mass is 16.5. The number of aliphatic hydroxyl groups is 1. The minimum Gasteiger partial charge on any atom is -0.393 e. The van der Waals surface area contributed by atoms with E-state index in [1.807, 2.05) is 0 Å². The number of ether oxygens (including phenoxy) is 1. The van der Waals surface area contributed by atoms with Crippen molar-refractivity contribution < 1.29 is 9.84 Å². The third-order valence-electron chi connectivity index (χ3n) is 2.79. The van der Waals surface area contributed by atoms with Crippen LogP contribution in [0.4, 0.5) is 0 Å². The van der Waals surface area contributed by atoms with E-state index >= 15 is 0 Å². The van der Waals surface area contributed by atoms with Gasteiger partial charge in [0.1, 0.15) is 0 Å².